The molecule has 0 fully saturated rings. The maximum atomic E-state index is 12.3. The smallest absolute Gasteiger partial charge is 0.312 e. The highest BCUT2D eigenvalue weighted by Gasteiger charge is 2.19. The SMILES string of the molecule is CCC(=O)Oc1c(C)sc(=Nc2cccc(Cl)c2)n1C(=O)CC. The molecule has 0 spiro atoms. The second-order valence-electron chi connectivity index (χ2n) is 4.75. The number of rotatable bonds is 4. The number of hydrogen-bond acceptors (Lipinski definition) is 5. The highest BCUT2D eigenvalue weighted by atomic mass is 35.5. The summed E-state index contributed by atoms with van der Waals surface area (Å²) in [5.41, 5.74) is 0.629. The number of thiazole rings is 1. The van der Waals surface area contributed by atoms with Crippen molar-refractivity contribution in [1.29, 1.82) is 0 Å². The molecule has 1 heterocycles. The van der Waals surface area contributed by atoms with Gasteiger partial charge >= 0.3 is 5.97 Å². The number of benzene rings is 1. The molecular weight excluding hydrogens is 336 g/mol. The van der Waals surface area contributed by atoms with E-state index in [9.17, 15) is 9.59 Å². The molecule has 0 saturated carbocycles. The monoisotopic (exact) mass is 352 g/mol. The molecule has 0 N–H and O–H groups in total. The van der Waals surface area contributed by atoms with Crippen molar-refractivity contribution in [2.45, 2.75) is 33.6 Å². The third kappa shape index (κ3) is 4.09. The van der Waals surface area contributed by atoms with Crippen LogP contribution in [0.5, 0.6) is 5.88 Å². The minimum Gasteiger partial charge on any atom is -0.408 e. The summed E-state index contributed by atoms with van der Waals surface area (Å²) in [6, 6.07) is 7.03. The predicted molar refractivity (Wildman–Crippen MR) is 90.6 cm³/mol. The third-order valence-corrected chi connectivity index (χ3v) is 4.20. The fourth-order valence-electron chi connectivity index (χ4n) is 1.88. The van der Waals surface area contributed by atoms with Gasteiger partial charge in [0.1, 0.15) is 0 Å². The molecule has 0 atom stereocenters. The zero-order valence-electron chi connectivity index (χ0n) is 13.1. The summed E-state index contributed by atoms with van der Waals surface area (Å²) < 4.78 is 6.67. The van der Waals surface area contributed by atoms with Crippen molar-refractivity contribution in [3.63, 3.8) is 0 Å². The van der Waals surface area contributed by atoms with Gasteiger partial charge in [0, 0.05) is 17.9 Å². The number of ether oxygens (including phenoxy) is 1. The lowest BCUT2D eigenvalue weighted by molar-refractivity contribution is -0.134. The fraction of sp³-hybridized carbons (Fsp3) is 0.312. The zero-order chi connectivity index (χ0) is 17.0. The Kier molecular flexibility index (Phi) is 5.74. The molecule has 23 heavy (non-hydrogen) atoms. The van der Waals surface area contributed by atoms with E-state index in [-0.39, 0.29) is 24.6 Å². The van der Waals surface area contributed by atoms with Gasteiger partial charge in [-0.15, -0.1) is 0 Å². The van der Waals surface area contributed by atoms with Gasteiger partial charge in [-0.1, -0.05) is 42.9 Å². The standard InChI is InChI=1S/C16H17ClN2O3S/c1-4-13(20)19-15(22-14(21)5-2)10(3)23-16(19)18-12-8-6-7-11(17)9-12/h6-9H,4-5H2,1-3H3. The summed E-state index contributed by atoms with van der Waals surface area (Å²) in [4.78, 5) is 29.5. The Morgan fingerprint density at radius 2 is 2.04 bits per heavy atom. The predicted octanol–water partition coefficient (Wildman–Crippen LogP) is 4.11. The summed E-state index contributed by atoms with van der Waals surface area (Å²) in [7, 11) is 0. The summed E-state index contributed by atoms with van der Waals surface area (Å²) in [6.07, 6.45) is 0.506. The lowest BCUT2D eigenvalue weighted by Gasteiger charge is -2.07. The number of nitrogens with zero attached hydrogens (tertiary/aromatic N) is 2. The molecular formula is C16H17ClN2O3S. The number of esters is 1. The van der Waals surface area contributed by atoms with Crippen LogP contribution >= 0.6 is 22.9 Å². The molecule has 1 aromatic carbocycles. The fourth-order valence-corrected chi connectivity index (χ4v) is 2.98. The van der Waals surface area contributed by atoms with Crippen molar-refractivity contribution in [2.24, 2.45) is 4.99 Å². The highest BCUT2D eigenvalue weighted by molar-refractivity contribution is 7.09. The highest BCUT2D eigenvalue weighted by Crippen LogP contribution is 2.23. The molecule has 0 bridgehead atoms. The molecule has 7 heteroatoms. The van der Waals surface area contributed by atoms with Crippen LogP contribution in [0.4, 0.5) is 5.69 Å². The van der Waals surface area contributed by atoms with Crippen LogP contribution in [0.2, 0.25) is 5.02 Å². The summed E-state index contributed by atoms with van der Waals surface area (Å²) in [5.74, 6) is -0.332. The molecule has 2 rings (SSSR count). The van der Waals surface area contributed by atoms with Crippen LogP contribution in [0, 0.1) is 6.92 Å². The van der Waals surface area contributed by atoms with E-state index in [4.69, 9.17) is 16.3 Å². The molecule has 0 aliphatic carbocycles. The van der Waals surface area contributed by atoms with E-state index >= 15 is 0 Å². The van der Waals surface area contributed by atoms with E-state index in [0.717, 1.165) is 4.88 Å². The minimum atomic E-state index is -0.391. The van der Waals surface area contributed by atoms with Gasteiger partial charge in [-0.3, -0.25) is 9.59 Å². The Labute approximate surface area is 143 Å². The lowest BCUT2D eigenvalue weighted by atomic mass is 10.3. The molecule has 5 nitrogen and oxygen atoms in total. The van der Waals surface area contributed by atoms with Crippen LogP contribution in [0.1, 0.15) is 36.4 Å². The van der Waals surface area contributed by atoms with E-state index in [1.54, 1.807) is 45.0 Å². The molecule has 2 aromatic rings. The van der Waals surface area contributed by atoms with Crippen molar-refractivity contribution in [3.05, 3.63) is 39.0 Å². The van der Waals surface area contributed by atoms with E-state index in [0.29, 0.717) is 15.5 Å². The first-order valence-electron chi connectivity index (χ1n) is 7.22. The molecule has 0 unspecified atom stereocenters. The van der Waals surface area contributed by atoms with Crippen molar-refractivity contribution < 1.29 is 14.3 Å². The zero-order valence-corrected chi connectivity index (χ0v) is 14.7. The maximum Gasteiger partial charge on any atom is 0.312 e. The molecule has 1 aromatic heterocycles. The Balaban J connectivity index is 2.62. The Morgan fingerprint density at radius 1 is 1.30 bits per heavy atom. The molecule has 122 valence electrons. The van der Waals surface area contributed by atoms with Crippen LogP contribution in [-0.2, 0) is 4.79 Å². The van der Waals surface area contributed by atoms with Gasteiger partial charge in [0.05, 0.1) is 10.6 Å². The largest absolute Gasteiger partial charge is 0.408 e. The molecule has 0 saturated heterocycles. The quantitative estimate of drug-likeness (QED) is 0.778. The van der Waals surface area contributed by atoms with Crippen molar-refractivity contribution in [1.82, 2.24) is 4.57 Å². The molecule has 0 amide bonds. The van der Waals surface area contributed by atoms with Crippen LogP contribution < -0.4 is 9.54 Å². The lowest BCUT2D eigenvalue weighted by Crippen LogP contribution is -2.24. The van der Waals surface area contributed by atoms with E-state index in [1.165, 1.54) is 15.9 Å². The van der Waals surface area contributed by atoms with Gasteiger partial charge in [0.25, 0.3) is 0 Å². The maximum absolute atomic E-state index is 12.3. The van der Waals surface area contributed by atoms with E-state index in [1.807, 2.05) is 0 Å². The first-order chi connectivity index (χ1) is 11.0. The normalized spacial score (nSPS) is 11.6. The van der Waals surface area contributed by atoms with Crippen molar-refractivity contribution in [2.75, 3.05) is 0 Å². The van der Waals surface area contributed by atoms with Gasteiger partial charge in [0.15, 0.2) is 4.80 Å². The molecule has 0 aliphatic rings. The van der Waals surface area contributed by atoms with E-state index in [2.05, 4.69) is 4.99 Å². The number of aromatic nitrogens is 1. The summed E-state index contributed by atoms with van der Waals surface area (Å²) in [6.45, 7) is 5.24. The van der Waals surface area contributed by atoms with Crippen LogP contribution in [0.15, 0.2) is 29.3 Å². The van der Waals surface area contributed by atoms with Crippen molar-refractivity contribution >= 4 is 40.5 Å². The average Bonchev–Trinajstić information content (AvgIpc) is 2.82. The minimum absolute atomic E-state index is 0.186. The Bertz CT molecular complexity index is 808. The van der Waals surface area contributed by atoms with Gasteiger partial charge in [-0.2, -0.15) is 0 Å². The molecule has 0 aliphatic heterocycles. The number of halogens is 1. The second-order valence-corrected chi connectivity index (χ2v) is 6.37. The molecule has 0 radical (unpaired) electrons. The van der Waals surface area contributed by atoms with Crippen LogP contribution in [-0.4, -0.2) is 16.4 Å². The average molecular weight is 353 g/mol. The van der Waals surface area contributed by atoms with Crippen molar-refractivity contribution in [3.8, 4) is 5.88 Å². The number of aryl methyl sites for hydroxylation is 1. The van der Waals surface area contributed by atoms with E-state index < -0.39 is 5.97 Å². The topological polar surface area (TPSA) is 60.7 Å². The number of carbonyl (C=O) groups is 2. The first kappa shape index (κ1) is 17.4. The van der Waals surface area contributed by atoms with Gasteiger partial charge in [0.2, 0.25) is 11.8 Å². The van der Waals surface area contributed by atoms with Crippen LogP contribution in [0.3, 0.4) is 0 Å². The van der Waals surface area contributed by atoms with Gasteiger partial charge < -0.3 is 4.74 Å². The van der Waals surface area contributed by atoms with Crippen LogP contribution in [0.25, 0.3) is 0 Å². The van der Waals surface area contributed by atoms with Gasteiger partial charge in [-0.05, 0) is 25.1 Å². The summed E-state index contributed by atoms with van der Waals surface area (Å²) in [5, 5.41) is 0.561. The Hall–Kier alpha value is -1.92. The first-order valence-corrected chi connectivity index (χ1v) is 8.42. The number of carbonyl (C=O) groups excluding carboxylic acids is 2. The summed E-state index contributed by atoms with van der Waals surface area (Å²) >= 11 is 7.26. The Morgan fingerprint density at radius 3 is 2.65 bits per heavy atom. The third-order valence-electron chi connectivity index (χ3n) is 3.02. The second kappa shape index (κ2) is 7.57. The number of hydrogen-bond donors (Lipinski definition) is 0. The van der Waals surface area contributed by atoms with Gasteiger partial charge in [-0.25, -0.2) is 9.56 Å².